The van der Waals surface area contributed by atoms with Crippen molar-refractivity contribution in [2.24, 2.45) is 5.92 Å². The molecule has 0 spiro atoms. The Balaban J connectivity index is 1.78. The van der Waals surface area contributed by atoms with E-state index in [9.17, 15) is 9.59 Å². The number of hydrogen-bond acceptors (Lipinski definition) is 2. The van der Waals surface area contributed by atoms with Crippen LogP contribution in [0.4, 0.5) is 0 Å². The molecular weight excluding hydrogens is 260 g/mol. The quantitative estimate of drug-likeness (QED) is 0.632. The van der Waals surface area contributed by atoms with Gasteiger partial charge in [0.15, 0.2) is 11.6 Å². The van der Waals surface area contributed by atoms with E-state index in [2.05, 4.69) is 0 Å². The van der Waals surface area contributed by atoms with Gasteiger partial charge in [-0.1, -0.05) is 60.7 Å². The summed E-state index contributed by atoms with van der Waals surface area (Å²) in [6.07, 6.45) is 4.70. The lowest BCUT2D eigenvalue weighted by atomic mass is 9.80. The zero-order valence-electron chi connectivity index (χ0n) is 11.7. The van der Waals surface area contributed by atoms with Gasteiger partial charge in [-0.2, -0.15) is 0 Å². The summed E-state index contributed by atoms with van der Waals surface area (Å²) in [6, 6.07) is 17.2. The first-order valence-corrected chi connectivity index (χ1v) is 7.15. The summed E-state index contributed by atoms with van der Waals surface area (Å²) in [7, 11) is 0. The van der Waals surface area contributed by atoms with E-state index in [-0.39, 0.29) is 11.6 Å². The van der Waals surface area contributed by atoms with Crippen LogP contribution >= 0.6 is 0 Å². The maximum Gasteiger partial charge on any atom is 0.173 e. The molecule has 0 bridgehead atoms. The summed E-state index contributed by atoms with van der Waals surface area (Å²) >= 11 is 0. The molecule has 0 aromatic heterocycles. The lowest BCUT2D eigenvalue weighted by Gasteiger charge is -2.21. The SMILES string of the molecule is O=C(/C=C/c1ccccc1)C1CCc2ccccc2C1=O. The van der Waals surface area contributed by atoms with Crippen LogP contribution in [0.5, 0.6) is 0 Å². The third-order valence-corrected chi connectivity index (χ3v) is 3.88. The maximum absolute atomic E-state index is 12.4. The molecule has 0 saturated heterocycles. The van der Waals surface area contributed by atoms with E-state index in [1.807, 2.05) is 54.6 Å². The fraction of sp³-hybridized carbons (Fsp3) is 0.158. The van der Waals surface area contributed by atoms with Crippen LogP contribution in [0.1, 0.15) is 27.9 Å². The average molecular weight is 276 g/mol. The number of fused-ring (bicyclic) bond motifs is 1. The molecule has 1 aliphatic rings. The number of carbonyl (C=O) groups excluding carboxylic acids is 2. The highest BCUT2D eigenvalue weighted by molar-refractivity contribution is 6.16. The van der Waals surface area contributed by atoms with E-state index in [0.29, 0.717) is 12.0 Å². The minimum atomic E-state index is -0.528. The van der Waals surface area contributed by atoms with Crippen molar-refractivity contribution in [3.63, 3.8) is 0 Å². The number of benzene rings is 2. The number of allylic oxidation sites excluding steroid dienone is 1. The molecule has 0 aliphatic heterocycles. The molecule has 0 N–H and O–H groups in total. The van der Waals surface area contributed by atoms with E-state index in [0.717, 1.165) is 17.5 Å². The van der Waals surface area contributed by atoms with Crippen molar-refractivity contribution in [1.29, 1.82) is 0 Å². The number of aryl methyl sites for hydroxylation is 1. The molecule has 0 heterocycles. The van der Waals surface area contributed by atoms with Gasteiger partial charge >= 0.3 is 0 Å². The number of hydrogen-bond donors (Lipinski definition) is 0. The van der Waals surface area contributed by atoms with Crippen LogP contribution in [-0.2, 0) is 11.2 Å². The number of carbonyl (C=O) groups is 2. The summed E-state index contributed by atoms with van der Waals surface area (Å²) in [6.45, 7) is 0. The summed E-state index contributed by atoms with van der Waals surface area (Å²) in [4.78, 5) is 24.7. The zero-order chi connectivity index (χ0) is 14.7. The van der Waals surface area contributed by atoms with Gasteiger partial charge < -0.3 is 0 Å². The van der Waals surface area contributed by atoms with Crippen molar-refractivity contribution in [2.75, 3.05) is 0 Å². The highest BCUT2D eigenvalue weighted by Gasteiger charge is 2.30. The van der Waals surface area contributed by atoms with Crippen molar-refractivity contribution >= 4 is 17.6 Å². The highest BCUT2D eigenvalue weighted by Crippen LogP contribution is 2.26. The second-order valence-corrected chi connectivity index (χ2v) is 5.26. The van der Waals surface area contributed by atoms with Crippen LogP contribution in [0, 0.1) is 5.92 Å². The largest absolute Gasteiger partial charge is 0.294 e. The van der Waals surface area contributed by atoms with Crippen molar-refractivity contribution in [2.45, 2.75) is 12.8 Å². The third-order valence-electron chi connectivity index (χ3n) is 3.88. The monoisotopic (exact) mass is 276 g/mol. The fourth-order valence-corrected chi connectivity index (χ4v) is 2.73. The van der Waals surface area contributed by atoms with E-state index in [4.69, 9.17) is 0 Å². The predicted octanol–water partition coefficient (Wildman–Crippen LogP) is 3.71. The van der Waals surface area contributed by atoms with Crippen LogP contribution < -0.4 is 0 Å². The van der Waals surface area contributed by atoms with Gasteiger partial charge in [-0.3, -0.25) is 9.59 Å². The molecule has 0 fully saturated rings. The minimum absolute atomic E-state index is 0.0421. The van der Waals surface area contributed by atoms with Gasteiger partial charge in [0.1, 0.15) is 0 Å². The van der Waals surface area contributed by atoms with E-state index < -0.39 is 5.92 Å². The molecule has 2 nitrogen and oxygen atoms in total. The van der Waals surface area contributed by atoms with Gasteiger partial charge in [0.2, 0.25) is 0 Å². The first-order chi connectivity index (χ1) is 10.3. The van der Waals surface area contributed by atoms with Crippen molar-refractivity contribution in [3.05, 3.63) is 77.4 Å². The van der Waals surface area contributed by atoms with Crippen molar-refractivity contribution in [3.8, 4) is 0 Å². The summed E-state index contributed by atoms with van der Waals surface area (Å²) in [5.74, 6) is -0.669. The third kappa shape index (κ3) is 2.84. The first-order valence-electron chi connectivity index (χ1n) is 7.15. The number of Topliss-reactive ketones (excluding diaryl/α,β-unsaturated/α-hetero) is 1. The van der Waals surface area contributed by atoms with Gasteiger partial charge in [-0.05, 0) is 30.0 Å². The molecule has 1 atom stereocenters. The molecule has 0 saturated carbocycles. The Kier molecular flexibility index (Phi) is 3.78. The van der Waals surface area contributed by atoms with Crippen molar-refractivity contribution < 1.29 is 9.59 Å². The fourth-order valence-electron chi connectivity index (χ4n) is 2.73. The normalized spacial score (nSPS) is 17.7. The van der Waals surface area contributed by atoms with Crippen LogP contribution in [0.15, 0.2) is 60.7 Å². The summed E-state index contributed by atoms with van der Waals surface area (Å²) in [5.41, 5.74) is 2.73. The minimum Gasteiger partial charge on any atom is -0.294 e. The Morgan fingerprint density at radius 1 is 1.00 bits per heavy atom. The Labute approximate surface area is 124 Å². The molecule has 0 radical (unpaired) electrons. The molecule has 2 heteroatoms. The zero-order valence-corrected chi connectivity index (χ0v) is 11.7. The predicted molar refractivity (Wildman–Crippen MR) is 83.1 cm³/mol. The second kappa shape index (κ2) is 5.88. The lowest BCUT2D eigenvalue weighted by Crippen LogP contribution is -2.28. The molecule has 2 aromatic rings. The molecule has 0 amide bonds. The summed E-state index contributed by atoms with van der Waals surface area (Å²) < 4.78 is 0. The molecule has 2 aromatic carbocycles. The molecule has 21 heavy (non-hydrogen) atoms. The average Bonchev–Trinajstić information content (AvgIpc) is 2.54. The standard InChI is InChI=1S/C19H16O2/c20-18(13-10-14-6-2-1-3-7-14)17-12-11-15-8-4-5-9-16(15)19(17)21/h1-10,13,17H,11-12H2/b13-10+. The number of rotatable bonds is 3. The Bertz CT molecular complexity index is 699. The van der Waals surface area contributed by atoms with Gasteiger partial charge in [0, 0.05) is 5.56 Å². The van der Waals surface area contributed by atoms with Crippen LogP contribution in [0.3, 0.4) is 0 Å². The second-order valence-electron chi connectivity index (χ2n) is 5.26. The molecular formula is C19H16O2. The molecule has 1 aliphatic carbocycles. The van der Waals surface area contributed by atoms with E-state index in [1.165, 1.54) is 6.08 Å². The van der Waals surface area contributed by atoms with Gasteiger partial charge in [-0.25, -0.2) is 0 Å². The Morgan fingerprint density at radius 2 is 1.71 bits per heavy atom. The maximum atomic E-state index is 12.4. The highest BCUT2D eigenvalue weighted by atomic mass is 16.1. The van der Waals surface area contributed by atoms with Crippen molar-refractivity contribution in [1.82, 2.24) is 0 Å². The molecule has 3 rings (SSSR count). The topological polar surface area (TPSA) is 34.1 Å². The Morgan fingerprint density at radius 3 is 2.52 bits per heavy atom. The van der Waals surface area contributed by atoms with Crippen LogP contribution in [0.2, 0.25) is 0 Å². The van der Waals surface area contributed by atoms with Crippen LogP contribution in [-0.4, -0.2) is 11.6 Å². The first kappa shape index (κ1) is 13.5. The van der Waals surface area contributed by atoms with Gasteiger partial charge in [0.05, 0.1) is 5.92 Å². The van der Waals surface area contributed by atoms with E-state index >= 15 is 0 Å². The lowest BCUT2D eigenvalue weighted by molar-refractivity contribution is -0.117. The van der Waals surface area contributed by atoms with Gasteiger partial charge in [-0.15, -0.1) is 0 Å². The Hall–Kier alpha value is -2.48. The smallest absolute Gasteiger partial charge is 0.173 e. The summed E-state index contributed by atoms with van der Waals surface area (Å²) in [5, 5.41) is 0. The molecule has 1 unspecified atom stereocenters. The molecule has 104 valence electrons. The number of ketones is 2. The van der Waals surface area contributed by atoms with Gasteiger partial charge in [0.25, 0.3) is 0 Å². The van der Waals surface area contributed by atoms with E-state index in [1.54, 1.807) is 6.08 Å². The van der Waals surface area contributed by atoms with Crippen LogP contribution in [0.25, 0.3) is 6.08 Å².